The summed E-state index contributed by atoms with van der Waals surface area (Å²) in [5, 5.41) is 0. The van der Waals surface area contributed by atoms with Gasteiger partial charge in [0, 0.05) is 32.2 Å². The van der Waals surface area contributed by atoms with Gasteiger partial charge in [0.05, 0.1) is 0 Å². The Kier molecular flexibility index (Phi) is 3.53. The molecule has 5 heteroatoms. The molecular weight excluding hydrogens is 256 g/mol. The van der Waals surface area contributed by atoms with Crippen LogP contribution in [0.25, 0.3) is 0 Å². The molecule has 2 heterocycles. The van der Waals surface area contributed by atoms with E-state index < -0.39 is 0 Å². The van der Waals surface area contributed by atoms with Crippen molar-refractivity contribution in [3.8, 4) is 0 Å². The fourth-order valence-electron chi connectivity index (χ4n) is 1.79. The molecule has 0 aliphatic carbocycles. The molecule has 1 aromatic heterocycles. The number of anilines is 1. The van der Waals surface area contributed by atoms with E-state index in [0.717, 1.165) is 43.1 Å². The van der Waals surface area contributed by atoms with Crippen LogP contribution in [0.15, 0.2) is 17.0 Å². The van der Waals surface area contributed by atoms with Gasteiger partial charge in [-0.1, -0.05) is 6.92 Å². The maximum absolute atomic E-state index is 4.28. The van der Waals surface area contributed by atoms with Crippen LogP contribution in [0.2, 0.25) is 0 Å². The predicted octanol–water partition coefficient (Wildman–Crippen LogP) is 1.38. The van der Waals surface area contributed by atoms with Crippen LogP contribution in [0, 0.1) is 0 Å². The fourth-order valence-corrected chi connectivity index (χ4v) is 2.09. The average molecular weight is 271 g/mol. The first-order valence-corrected chi connectivity index (χ1v) is 6.03. The van der Waals surface area contributed by atoms with Crippen LogP contribution in [0.5, 0.6) is 0 Å². The van der Waals surface area contributed by atoms with E-state index >= 15 is 0 Å². The van der Waals surface area contributed by atoms with Gasteiger partial charge in [0.1, 0.15) is 16.7 Å². The van der Waals surface area contributed by atoms with Crippen molar-refractivity contribution in [1.82, 2.24) is 14.9 Å². The largest absolute Gasteiger partial charge is 0.354 e. The summed E-state index contributed by atoms with van der Waals surface area (Å²) in [4.78, 5) is 13.1. The highest BCUT2D eigenvalue weighted by atomic mass is 79.9. The standard InChI is InChI=1S/C10H15BrN4/c1-2-14-3-5-15(6-4-14)10-7-9(11)12-8-13-10/h7-8H,2-6H2,1H3. The van der Waals surface area contributed by atoms with E-state index in [1.54, 1.807) is 6.33 Å². The summed E-state index contributed by atoms with van der Waals surface area (Å²) in [7, 11) is 0. The van der Waals surface area contributed by atoms with Crippen LogP contribution in [0.4, 0.5) is 5.82 Å². The average Bonchev–Trinajstić information content (AvgIpc) is 2.29. The molecule has 0 atom stereocenters. The monoisotopic (exact) mass is 270 g/mol. The van der Waals surface area contributed by atoms with Crippen molar-refractivity contribution in [3.05, 3.63) is 17.0 Å². The lowest BCUT2D eigenvalue weighted by atomic mass is 10.3. The van der Waals surface area contributed by atoms with Crippen LogP contribution in [0.3, 0.4) is 0 Å². The van der Waals surface area contributed by atoms with E-state index in [1.807, 2.05) is 6.07 Å². The molecule has 0 aromatic carbocycles. The number of hydrogen-bond acceptors (Lipinski definition) is 4. The Morgan fingerprint density at radius 3 is 2.60 bits per heavy atom. The Balaban J connectivity index is 2.01. The fraction of sp³-hybridized carbons (Fsp3) is 0.600. The van der Waals surface area contributed by atoms with E-state index in [9.17, 15) is 0 Å². The smallest absolute Gasteiger partial charge is 0.133 e. The molecule has 1 aromatic rings. The summed E-state index contributed by atoms with van der Waals surface area (Å²) in [6.07, 6.45) is 1.60. The molecule has 82 valence electrons. The summed E-state index contributed by atoms with van der Waals surface area (Å²) in [5.41, 5.74) is 0. The zero-order valence-electron chi connectivity index (χ0n) is 8.86. The van der Waals surface area contributed by atoms with Crippen molar-refractivity contribution in [2.45, 2.75) is 6.92 Å². The molecule has 15 heavy (non-hydrogen) atoms. The summed E-state index contributed by atoms with van der Waals surface area (Å²) < 4.78 is 0.852. The first-order chi connectivity index (χ1) is 7.29. The molecule has 1 saturated heterocycles. The third-order valence-electron chi connectivity index (χ3n) is 2.76. The van der Waals surface area contributed by atoms with E-state index in [2.05, 4.69) is 42.6 Å². The first-order valence-electron chi connectivity index (χ1n) is 5.24. The van der Waals surface area contributed by atoms with Gasteiger partial charge in [0.15, 0.2) is 0 Å². The van der Waals surface area contributed by atoms with Crippen LogP contribution in [0.1, 0.15) is 6.92 Å². The van der Waals surface area contributed by atoms with Crippen LogP contribution >= 0.6 is 15.9 Å². The minimum atomic E-state index is 0.852. The van der Waals surface area contributed by atoms with Crippen molar-refractivity contribution < 1.29 is 0 Å². The van der Waals surface area contributed by atoms with Gasteiger partial charge in [-0.25, -0.2) is 9.97 Å². The lowest BCUT2D eigenvalue weighted by Gasteiger charge is -2.34. The molecule has 1 aliphatic rings. The molecule has 0 amide bonds. The normalized spacial score (nSPS) is 18.1. The highest BCUT2D eigenvalue weighted by Crippen LogP contribution is 2.16. The molecule has 1 aliphatic heterocycles. The number of rotatable bonds is 2. The highest BCUT2D eigenvalue weighted by molar-refractivity contribution is 9.10. The minimum absolute atomic E-state index is 0.852. The topological polar surface area (TPSA) is 32.3 Å². The SMILES string of the molecule is CCN1CCN(c2cc(Br)ncn2)CC1. The molecule has 0 saturated carbocycles. The number of piperazine rings is 1. The minimum Gasteiger partial charge on any atom is -0.354 e. The van der Waals surface area contributed by atoms with Crippen LogP contribution in [-0.4, -0.2) is 47.6 Å². The Hall–Kier alpha value is -0.680. The second-order valence-electron chi connectivity index (χ2n) is 3.62. The quantitative estimate of drug-likeness (QED) is 0.761. The molecule has 4 nitrogen and oxygen atoms in total. The Morgan fingerprint density at radius 2 is 2.00 bits per heavy atom. The summed E-state index contributed by atoms with van der Waals surface area (Å²) in [6, 6.07) is 1.97. The lowest BCUT2D eigenvalue weighted by molar-refractivity contribution is 0.270. The second kappa shape index (κ2) is 4.90. The van der Waals surface area contributed by atoms with Crippen LogP contribution < -0.4 is 4.90 Å². The van der Waals surface area contributed by atoms with Crippen molar-refractivity contribution >= 4 is 21.7 Å². The third kappa shape index (κ3) is 2.66. The Labute approximate surface area is 98.4 Å². The molecule has 0 bridgehead atoms. The van der Waals surface area contributed by atoms with Gasteiger partial charge < -0.3 is 9.80 Å². The van der Waals surface area contributed by atoms with E-state index in [0.29, 0.717) is 0 Å². The third-order valence-corrected chi connectivity index (χ3v) is 3.20. The van der Waals surface area contributed by atoms with Gasteiger partial charge >= 0.3 is 0 Å². The maximum Gasteiger partial charge on any atom is 0.133 e. The Morgan fingerprint density at radius 1 is 1.27 bits per heavy atom. The summed E-state index contributed by atoms with van der Waals surface area (Å²) in [6.45, 7) is 7.70. The number of halogens is 1. The molecule has 2 rings (SSSR count). The number of aromatic nitrogens is 2. The Bertz CT molecular complexity index is 323. The van der Waals surface area contributed by atoms with Gasteiger partial charge in [-0.3, -0.25) is 0 Å². The zero-order chi connectivity index (χ0) is 10.7. The first kappa shape index (κ1) is 10.8. The van der Waals surface area contributed by atoms with Crippen LogP contribution in [-0.2, 0) is 0 Å². The molecular formula is C10H15BrN4. The number of likely N-dealkylation sites (N-methyl/N-ethyl adjacent to an activating group) is 1. The number of hydrogen-bond donors (Lipinski definition) is 0. The molecule has 0 spiro atoms. The predicted molar refractivity (Wildman–Crippen MR) is 64.1 cm³/mol. The van der Waals surface area contributed by atoms with E-state index in [-0.39, 0.29) is 0 Å². The van der Waals surface area contributed by atoms with Gasteiger partial charge in [0.25, 0.3) is 0 Å². The molecule has 1 fully saturated rings. The zero-order valence-corrected chi connectivity index (χ0v) is 10.4. The van der Waals surface area contributed by atoms with Gasteiger partial charge in [0.2, 0.25) is 0 Å². The summed E-state index contributed by atoms with van der Waals surface area (Å²) in [5.74, 6) is 1.02. The number of nitrogens with zero attached hydrogens (tertiary/aromatic N) is 4. The van der Waals surface area contributed by atoms with Crippen molar-refractivity contribution in [1.29, 1.82) is 0 Å². The van der Waals surface area contributed by atoms with E-state index in [4.69, 9.17) is 0 Å². The van der Waals surface area contributed by atoms with Gasteiger partial charge in [-0.2, -0.15) is 0 Å². The second-order valence-corrected chi connectivity index (χ2v) is 4.43. The van der Waals surface area contributed by atoms with Crippen molar-refractivity contribution in [3.63, 3.8) is 0 Å². The summed E-state index contributed by atoms with van der Waals surface area (Å²) >= 11 is 3.37. The lowest BCUT2D eigenvalue weighted by Crippen LogP contribution is -2.46. The van der Waals surface area contributed by atoms with Crippen molar-refractivity contribution in [2.75, 3.05) is 37.6 Å². The van der Waals surface area contributed by atoms with Crippen molar-refractivity contribution in [2.24, 2.45) is 0 Å². The molecule has 0 radical (unpaired) electrons. The highest BCUT2D eigenvalue weighted by Gasteiger charge is 2.16. The maximum atomic E-state index is 4.28. The van der Waals surface area contributed by atoms with E-state index in [1.165, 1.54) is 0 Å². The van der Waals surface area contributed by atoms with Gasteiger partial charge in [-0.15, -0.1) is 0 Å². The molecule has 0 N–H and O–H groups in total. The van der Waals surface area contributed by atoms with Gasteiger partial charge in [-0.05, 0) is 22.5 Å². The molecule has 0 unspecified atom stereocenters.